The summed E-state index contributed by atoms with van der Waals surface area (Å²) in [6, 6.07) is 0. The molecule has 0 aromatic carbocycles. The molecule has 4 aliphatic carbocycles. The van der Waals surface area contributed by atoms with E-state index in [4.69, 9.17) is 4.18 Å². The molecule has 4 fully saturated rings. The minimum atomic E-state index is -3.38. The molecule has 20 heavy (non-hydrogen) atoms. The van der Waals surface area contributed by atoms with E-state index in [2.05, 4.69) is 27.7 Å². The van der Waals surface area contributed by atoms with Crippen molar-refractivity contribution < 1.29 is 12.6 Å². The molecule has 6 atom stereocenters. The van der Waals surface area contributed by atoms with Gasteiger partial charge in [0, 0.05) is 0 Å². The lowest BCUT2D eigenvalue weighted by molar-refractivity contribution is -0.159. The molecule has 0 N–H and O–H groups in total. The van der Waals surface area contributed by atoms with Gasteiger partial charge >= 0.3 is 0 Å². The lowest BCUT2D eigenvalue weighted by Gasteiger charge is -2.61. The van der Waals surface area contributed by atoms with Gasteiger partial charge in [-0.2, -0.15) is 8.42 Å². The summed E-state index contributed by atoms with van der Waals surface area (Å²) >= 11 is 0. The minimum absolute atomic E-state index is 0.0616. The highest BCUT2D eigenvalue weighted by atomic mass is 32.2. The molecule has 0 aromatic heterocycles. The first kappa shape index (κ1) is 14.8. The van der Waals surface area contributed by atoms with Gasteiger partial charge in [-0.15, -0.1) is 0 Å². The maximum Gasteiger partial charge on any atom is 0.264 e. The summed E-state index contributed by atoms with van der Waals surface area (Å²) < 4.78 is 29.1. The Kier molecular flexibility index (Phi) is 3.13. The van der Waals surface area contributed by atoms with Crippen molar-refractivity contribution in [2.45, 2.75) is 59.5 Å². The van der Waals surface area contributed by atoms with E-state index in [1.165, 1.54) is 19.1 Å². The molecule has 4 aliphatic rings. The van der Waals surface area contributed by atoms with Crippen LogP contribution in [0.4, 0.5) is 0 Å². The molecular weight excluding hydrogens is 272 g/mol. The van der Waals surface area contributed by atoms with Crippen LogP contribution in [-0.2, 0) is 14.3 Å². The fourth-order valence-corrected chi connectivity index (χ4v) is 6.67. The van der Waals surface area contributed by atoms with Crippen LogP contribution in [-0.4, -0.2) is 20.8 Å². The van der Waals surface area contributed by atoms with Crippen molar-refractivity contribution in [1.82, 2.24) is 0 Å². The van der Waals surface area contributed by atoms with Crippen molar-refractivity contribution in [3.05, 3.63) is 0 Å². The highest BCUT2D eigenvalue weighted by molar-refractivity contribution is 7.86. The van der Waals surface area contributed by atoms with Gasteiger partial charge in [0.25, 0.3) is 10.1 Å². The summed E-state index contributed by atoms with van der Waals surface area (Å²) in [6.45, 7) is 9.25. The highest BCUT2D eigenvalue weighted by Gasteiger charge is 2.67. The zero-order chi connectivity index (χ0) is 14.9. The van der Waals surface area contributed by atoms with Crippen molar-refractivity contribution in [1.29, 1.82) is 0 Å². The first-order chi connectivity index (χ1) is 9.07. The number of hydrogen-bond donors (Lipinski definition) is 0. The van der Waals surface area contributed by atoms with Crippen LogP contribution in [0.2, 0.25) is 0 Å². The fraction of sp³-hybridized carbons (Fsp3) is 1.00. The summed E-state index contributed by atoms with van der Waals surface area (Å²) in [5.74, 6) is 2.26. The maximum absolute atomic E-state index is 11.7. The van der Waals surface area contributed by atoms with Crippen LogP contribution in [0.15, 0.2) is 0 Å². The maximum atomic E-state index is 11.7. The first-order valence-electron chi connectivity index (χ1n) is 7.95. The molecule has 0 spiro atoms. The van der Waals surface area contributed by atoms with E-state index >= 15 is 0 Å². The standard InChI is InChI=1S/C16H28O3S/c1-10(2)11-8-13-15(3)6-7-16(13,4)14(12(11)9-15)19-20(5,17)18/h10-14H,6-9H2,1-5H3/t11-,12+,13+,14-,15-,16-/m1/s1. The number of hydrogen-bond acceptors (Lipinski definition) is 3. The molecule has 0 unspecified atom stereocenters. The van der Waals surface area contributed by atoms with Crippen molar-refractivity contribution in [2.75, 3.05) is 6.26 Å². The van der Waals surface area contributed by atoms with Gasteiger partial charge in [0.2, 0.25) is 0 Å². The molecule has 4 rings (SSSR count). The van der Waals surface area contributed by atoms with Crippen LogP contribution in [0.25, 0.3) is 0 Å². The van der Waals surface area contributed by atoms with E-state index < -0.39 is 10.1 Å². The quantitative estimate of drug-likeness (QED) is 0.750. The Morgan fingerprint density at radius 2 is 1.85 bits per heavy atom. The average molecular weight is 300 g/mol. The molecule has 116 valence electrons. The lowest BCUT2D eigenvalue weighted by atomic mass is 9.46. The highest BCUT2D eigenvalue weighted by Crippen LogP contribution is 2.71. The van der Waals surface area contributed by atoms with Gasteiger partial charge in [0.15, 0.2) is 0 Å². The smallest absolute Gasteiger partial charge is 0.264 e. The first-order valence-corrected chi connectivity index (χ1v) is 9.77. The zero-order valence-corrected chi connectivity index (χ0v) is 14.2. The lowest BCUT2D eigenvalue weighted by Crippen LogP contribution is -2.59. The van der Waals surface area contributed by atoms with Crippen molar-refractivity contribution in [3.63, 3.8) is 0 Å². The fourth-order valence-electron chi connectivity index (χ4n) is 5.93. The second-order valence-corrected chi connectivity index (χ2v) is 10.0. The second kappa shape index (κ2) is 4.22. The van der Waals surface area contributed by atoms with Crippen LogP contribution in [0, 0.1) is 34.5 Å². The normalized spacial score (nSPS) is 50.9. The molecule has 4 heteroatoms. The van der Waals surface area contributed by atoms with Gasteiger partial charge in [0.1, 0.15) is 0 Å². The van der Waals surface area contributed by atoms with Crippen LogP contribution in [0.3, 0.4) is 0 Å². The van der Waals surface area contributed by atoms with Crippen molar-refractivity contribution >= 4 is 10.1 Å². The Bertz CT molecular complexity index is 512. The van der Waals surface area contributed by atoms with Crippen LogP contribution < -0.4 is 0 Å². The Morgan fingerprint density at radius 1 is 1.20 bits per heavy atom. The number of fused-ring (bicyclic) bond motifs is 1. The third-order valence-corrected chi connectivity index (χ3v) is 7.36. The van der Waals surface area contributed by atoms with E-state index in [1.807, 2.05) is 0 Å². The average Bonchev–Trinajstić information content (AvgIpc) is 2.51. The molecule has 4 bridgehead atoms. The van der Waals surface area contributed by atoms with Crippen molar-refractivity contribution in [3.8, 4) is 0 Å². The molecular formula is C16H28O3S. The van der Waals surface area contributed by atoms with Gasteiger partial charge in [-0.1, -0.05) is 27.7 Å². The van der Waals surface area contributed by atoms with Crippen LogP contribution >= 0.6 is 0 Å². The summed E-state index contributed by atoms with van der Waals surface area (Å²) in [5, 5.41) is 0. The Hall–Kier alpha value is -0.0900. The molecule has 0 heterocycles. The molecule has 4 saturated carbocycles. The third-order valence-electron chi connectivity index (χ3n) is 6.81. The van der Waals surface area contributed by atoms with Crippen molar-refractivity contribution in [2.24, 2.45) is 34.5 Å². The Morgan fingerprint density at radius 3 is 2.40 bits per heavy atom. The van der Waals surface area contributed by atoms with Crippen LogP contribution in [0.1, 0.15) is 53.4 Å². The molecule has 3 nitrogen and oxygen atoms in total. The summed E-state index contributed by atoms with van der Waals surface area (Å²) in [6.07, 6.45) is 5.88. The minimum Gasteiger partial charge on any atom is -0.266 e. The molecule has 0 aliphatic heterocycles. The van der Waals surface area contributed by atoms with Gasteiger partial charge in [-0.25, -0.2) is 0 Å². The second-order valence-electron chi connectivity index (χ2n) is 8.44. The van der Waals surface area contributed by atoms with E-state index in [-0.39, 0.29) is 11.5 Å². The van der Waals surface area contributed by atoms with Gasteiger partial charge < -0.3 is 0 Å². The van der Waals surface area contributed by atoms with E-state index in [0.717, 1.165) is 12.8 Å². The molecule has 0 radical (unpaired) electrons. The third kappa shape index (κ3) is 1.98. The molecule has 0 amide bonds. The SMILES string of the molecule is CC(C)[C@H]1C[C@H]2[C@]3(C)CC[C@@]2(C)[C@H](OS(C)(=O)=O)[C@H]1C3. The monoisotopic (exact) mass is 300 g/mol. The Labute approximate surface area is 123 Å². The molecule has 0 aromatic rings. The predicted octanol–water partition coefficient (Wildman–Crippen LogP) is 3.45. The van der Waals surface area contributed by atoms with Gasteiger partial charge in [0.05, 0.1) is 12.4 Å². The summed E-state index contributed by atoms with van der Waals surface area (Å²) in [5.41, 5.74) is 0.480. The summed E-state index contributed by atoms with van der Waals surface area (Å²) in [7, 11) is -3.38. The molecule has 0 saturated heterocycles. The van der Waals surface area contributed by atoms with E-state index in [1.54, 1.807) is 0 Å². The summed E-state index contributed by atoms with van der Waals surface area (Å²) in [4.78, 5) is 0. The Balaban J connectivity index is 2.01. The van der Waals surface area contributed by atoms with Gasteiger partial charge in [-0.05, 0) is 60.2 Å². The predicted molar refractivity (Wildman–Crippen MR) is 79.7 cm³/mol. The van der Waals surface area contributed by atoms with E-state index in [9.17, 15) is 8.42 Å². The van der Waals surface area contributed by atoms with Crippen LogP contribution in [0.5, 0.6) is 0 Å². The van der Waals surface area contributed by atoms with Gasteiger partial charge in [-0.3, -0.25) is 4.18 Å². The van der Waals surface area contributed by atoms with E-state index in [0.29, 0.717) is 29.1 Å². The zero-order valence-electron chi connectivity index (χ0n) is 13.3. The topological polar surface area (TPSA) is 43.4 Å². The largest absolute Gasteiger partial charge is 0.266 e. The number of rotatable bonds is 3.